The van der Waals surface area contributed by atoms with E-state index in [4.69, 9.17) is 14.2 Å². The molecule has 8 heteroatoms. The van der Waals surface area contributed by atoms with Gasteiger partial charge < -0.3 is 19.5 Å². The maximum atomic E-state index is 13.5. The molecule has 1 saturated heterocycles. The van der Waals surface area contributed by atoms with E-state index in [0.717, 1.165) is 77.5 Å². The average Bonchev–Trinajstić information content (AvgIpc) is 3.81. The van der Waals surface area contributed by atoms with Gasteiger partial charge in [0.1, 0.15) is 23.4 Å². The van der Waals surface area contributed by atoms with E-state index in [2.05, 4.69) is 36.5 Å². The molecule has 1 aliphatic carbocycles. The maximum Gasteiger partial charge on any atom is 0.308 e. The lowest BCUT2D eigenvalue weighted by molar-refractivity contribution is -0.144. The van der Waals surface area contributed by atoms with Crippen molar-refractivity contribution in [2.75, 3.05) is 30.0 Å². The molecule has 3 aliphatic rings. The van der Waals surface area contributed by atoms with Crippen molar-refractivity contribution in [2.45, 2.75) is 58.6 Å². The third-order valence-corrected chi connectivity index (χ3v) is 8.87. The number of carbonyl (C=O) groups excluding carboxylic acids is 1. The van der Waals surface area contributed by atoms with E-state index in [0.29, 0.717) is 19.8 Å². The number of aryl methyl sites for hydroxylation is 1. The summed E-state index contributed by atoms with van der Waals surface area (Å²) in [5.74, 6) is 3.22. The zero-order valence-electron chi connectivity index (χ0n) is 23.7. The number of esters is 1. The Bertz CT molecular complexity index is 1400. The highest BCUT2D eigenvalue weighted by Crippen LogP contribution is 2.40. The fraction of sp³-hybridized carbons (Fsp3) is 0.424. The third-order valence-electron chi connectivity index (χ3n) is 7.49. The molecule has 2 heterocycles. The van der Waals surface area contributed by atoms with Gasteiger partial charge in [-0.3, -0.25) is 9.00 Å². The minimum absolute atomic E-state index is 0.00694. The van der Waals surface area contributed by atoms with E-state index in [1.807, 2.05) is 19.1 Å². The molecule has 2 aliphatic heterocycles. The van der Waals surface area contributed by atoms with Gasteiger partial charge >= 0.3 is 5.97 Å². The monoisotopic (exact) mass is 579 g/mol. The lowest BCUT2D eigenvalue weighted by atomic mass is 9.92. The van der Waals surface area contributed by atoms with Gasteiger partial charge in [-0.15, -0.1) is 0 Å². The molecule has 218 valence electrons. The summed E-state index contributed by atoms with van der Waals surface area (Å²) in [5, 5.41) is 3.30. The largest absolute Gasteiger partial charge is 0.493 e. The quantitative estimate of drug-likeness (QED) is 0.318. The number of benzene rings is 3. The maximum absolute atomic E-state index is 13.5. The van der Waals surface area contributed by atoms with Crippen LogP contribution >= 0.6 is 0 Å². The number of carbonyl (C=O) groups is 1. The van der Waals surface area contributed by atoms with Crippen LogP contribution in [0.25, 0.3) is 11.1 Å². The van der Waals surface area contributed by atoms with Crippen molar-refractivity contribution in [2.24, 2.45) is 5.92 Å². The van der Waals surface area contributed by atoms with Crippen LogP contribution in [-0.4, -0.2) is 41.0 Å². The molecule has 2 fully saturated rings. The molecule has 6 rings (SSSR count). The minimum Gasteiger partial charge on any atom is -0.493 e. The Morgan fingerprint density at radius 2 is 1.88 bits per heavy atom. The van der Waals surface area contributed by atoms with E-state index in [1.54, 1.807) is 6.07 Å². The highest BCUT2D eigenvalue weighted by molar-refractivity contribution is 7.85. The van der Waals surface area contributed by atoms with Gasteiger partial charge in [0.25, 0.3) is 0 Å². The number of halogens is 1. The van der Waals surface area contributed by atoms with Gasteiger partial charge in [0.15, 0.2) is 0 Å². The molecule has 1 N–H and O–H groups in total. The van der Waals surface area contributed by atoms with Crippen LogP contribution in [0.15, 0.2) is 54.6 Å². The zero-order chi connectivity index (χ0) is 28.8. The summed E-state index contributed by atoms with van der Waals surface area (Å²) in [4.78, 5) is 10.6. The Kier molecular flexibility index (Phi) is 9.60. The van der Waals surface area contributed by atoms with E-state index in [1.165, 1.54) is 23.3 Å². The van der Waals surface area contributed by atoms with Gasteiger partial charge in [-0.1, -0.05) is 12.1 Å². The van der Waals surface area contributed by atoms with Gasteiger partial charge in [0, 0.05) is 46.5 Å². The molecule has 6 nitrogen and oxygen atoms in total. The van der Waals surface area contributed by atoms with Crippen LogP contribution in [0.1, 0.15) is 49.3 Å². The van der Waals surface area contributed by atoms with Crippen LogP contribution in [0.5, 0.6) is 11.5 Å². The van der Waals surface area contributed by atoms with Crippen LogP contribution in [-0.2, 0) is 33.3 Å². The van der Waals surface area contributed by atoms with Crippen molar-refractivity contribution in [1.82, 2.24) is 0 Å². The molecule has 3 aromatic rings. The number of ether oxygens (including phenoxy) is 3. The van der Waals surface area contributed by atoms with Crippen LogP contribution in [0.4, 0.5) is 10.1 Å². The summed E-state index contributed by atoms with van der Waals surface area (Å²) in [6.45, 7) is 5.69. The fourth-order valence-electron chi connectivity index (χ4n) is 5.22. The van der Waals surface area contributed by atoms with Gasteiger partial charge in [-0.2, -0.15) is 0 Å². The number of hydrogen-bond acceptors (Lipinski definition) is 6. The number of fused-ring (bicyclic) bond motifs is 3. The van der Waals surface area contributed by atoms with Crippen molar-refractivity contribution >= 4 is 22.5 Å². The molecule has 0 spiro atoms. The van der Waals surface area contributed by atoms with Gasteiger partial charge in [0.05, 0.1) is 19.1 Å². The lowest BCUT2D eigenvalue weighted by Crippen LogP contribution is -2.27. The van der Waals surface area contributed by atoms with Crippen molar-refractivity contribution in [3.05, 3.63) is 77.1 Å². The summed E-state index contributed by atoms with van der Waals surface area (Å²) in [7, 11) is -0.690. The summed E-state index contributed by atoms with van der Waals surface area (Å²) < 4.78 is 42.2. The predicted molar refractivity (Wildman–Crippen MR) is 160 cm³/mol. The SMILES string of the molecule is CCOC(=O)C1CC1.Cc1cc(OC2CCS(=O)CC2)cc2c1-c1cc(CNc3cccc(F)c3)ccc1OCC2. The van der Waals surface area contributed by atoms with E-state index in [-0.39, 0.29) is 23.8 Å². The first-order valence-corrected chi connectivity index (χ1v) is 16.0. The Hall–Kier alpha value is -3.39. The number of nitrogens with one attached hydrogen (secondary N) is 1. The predicted octanol–water partition coefficient (Wildman–Crippen LogP) is 6.60. The zero-order valence-corrected chi connectivity index (χ0v) is 24.6. The molecule has 0 atom stereocenters. The van der Waals surface area contributed by atoms with Gasteiger partial charge in [-0.05, 0) is 104 Å². The topological polar surface area (TPSA) is 73.9 Å². The molecule has 0 unspecified atom stereocenters. The van der Waals surface area contributed by atoms with Gasteiger partial charge in [-0.25, -0.2) is 4.39 Å². The summed E-state index contributed by atoms with van der Waals surface area (Å²) >= 11 is 0. The molecule has 3 aromatic carbocycles. The Morgan fingerprint density at radius 1 is 1.07 bits per heavy atom. The first kappa shape index (κ1) is 29.1. The molecular formula is C33H38FNO5S. The van der Waals surface area contributed by atoms with Crippen molar-refractivity contribution in [1.29, 1.82) is 0 Å². The van der Waals surface area contributed by atoms with E-state index >= 15 is 0 Å². The summed E-state index contributed by atoms with van der Waals surface area (Å²) in [5.41, 5.74) is 6.52. The first-order chi connectivity index (χ1) is 19.9. The van der Waals surface area contributed by atoms with Gasteiger partial charge in [0.2, 0.25) is 0 Å². The second-order valence-corrected chi connectivity index (χ2v) is 12.5. The van der Waals surface area contributed by atoms with Crippen molar-refractivity contribution < 1.29 is 27.6 Å². The highest BCUT2D eigenvalue weighted by Gasteiger charge is 2.30. The molecule has 0 aromatic heterocycles. The smallest absolute Gasteiger partial charge is 0.308 e. The fourth-order valence-corrected chi connectivity index (χ4v) is 6.47. The minimum atomic E-state index is -0.690. The number of anilines is 1. The second kappa shape index (κ2) is 13.5. The molecule has 0 amide bonds. The second-order valence-electron chi connectivity index (χ2n) is 10.8. The van der Waals surface area contributed by atoms with Crippen LogP contribution in [0.3, 0.4) is 0 Å². The Balaban J connectivity index is 0.000000365. The molecule has 41 heavy (non-hydrogen) atoms. The molecule has 0 bridgehead atoms. The summed E-state index contributed by atoms with van der Waals surface area (Å²) in [6.07, 6.45) is 4.72. The molecular weight excluding hydrogens is 541 g/mol. The van der Waals surface area contributed by atoms with Crippen LogP contribution < -0.4 is 14.8 Å². The number of rotatable bonds is 7. The normalized spacial score (nSPS) is 19.3. The third kappa shape index (κ3) is 7.88. The van der Waals surface area contributed by atoms with Crippen molar-refractivity contribution in [3.8, 4) is 22.6 Å². The van der Waals surface area contributed by atoms with Crippen molar-refractivity contribution in [3.63, 3.8) is 0 Å². The molecule has 0 radical (unpaired) electrons. The first-order valence-electron chi connectivity index (χ1n) is 14.5. The highest BCUT2D eigenvalue weighted by atomic mass is 32.2. The number of hydrogen-bond donors (Lipinski definition) is 1. The molecule has 1 saturated carbocycles. The standard InChI is InChI=1S/C27H28FNO3S.C6H10O2/c1-18-13-24(32-23-8-11-33(30)12-9-23)15-20-7-10-31-26-6-5-19(14-25(26)27(18)20)17-29-22-4-2-3-21(28)16-22;1-2-8-6(7)5-3-4-5/h2-6,13-16,23,29H,7-12,17H2,1H3;5H,2-4H2,1H3. The lowest BCUT2D eigenvalue weighted by Gasteiger charge is -2.24. The van der Waals surface area contributed by atoms with E-state index in [9.17, 15) is 13.4 Å². The average molecular weight is 580 g/mol. The summed E-state index contributed by atoms with van der Waals surface area (Å²) in [6, 6.07) is 17.0. The van der Waals surface area contributed by atoms with E-state index < -0.39 is 10.8 Å². The van der Waals surface area contributed by atoms with Crippen LogP contribution in [0.2, 0.25) is 0 Å². The Morgan fingerprint density at radius 3 is 2.61 bits per heavy atom. The Labute approximate surface area is 244 Å². The van der Waals surface area contributed by atoms with Crippen LogP contribution in [0, 0.1) is 18.7 Å².